The number of benzene rings is 2. The molecule has 0 spiro atoms. The van der Waals surface area contributed by atoms with Gasteiger partial charge < -0.3 is 19.5 Å². The molecule has 35 heavy (non-hydrogen) atoms. The number of hydrogen-bond donors (Lipinski definition) is 1. The number of nitrogens with zero attached hydrogens (tertiary/aromatic N) is 1. The number of alkyl carbamates (subject to hydrolysis) is 1. The number of rotatable bonds is 5. The van der Waals surface area contributed by atoms with E-state index in [-0.39, 0.29) is 17.7 Å². The summed E-state index contributed by atoms with van der Waals surface area (Å²) in [5.74, 6) is -0.323. The van der Waals surface area contributed by atoms with E-state index in [2.05, 4.69) is 26.1 Å². The topological polar surface area (TPSA) is 60.0 Å². The van der Waals surface area contributed by atoms with Gasteiger partial charge in [-0.25, -0.2) is 13.6 Å². The van der Waals surface area contributed by atoms with Gasteiger partial charge in [-0.05, 0) is 76.1 Å². The third-order valence-corrected chi connectivity index (χ3v) is 6.66. The van der Waals surface area contributed by atoms with E-state index in [0.29, 0.717) is 19.6 Å². The Hall–Kier alpha value is -2.23. The molecular weight excluding hydrogens is 522 g/mol. The number of nitrogens with one attached hydrogen (secondary N) is 1. The third kappa shape index (κ3) is 6.92. The lowest BCUT2D eigenvalue weighted by Gasteiger charge is -2.40. The zero-order chi connectivity index (χ0) is 25.2. The zero-order valence-electron chi connectivity index (χ0n) is 20.1. The van der Waals surface area contributed by atoms with Crippen LogP contribution in [0.3, 0.4) is 0 Å². The summed E-state index contributed by atoms with van der Waals surface area (Å²) < 4.78 is 47.1. The van der Waals surface area contributed by atoms with E-state index in [4.69, 9.17) is 14.2 Å². The molecule has 1 N–H and O–H groups in total. The van der Waals surface area contributed by atoms with Crippen LogP contribution in [0.1, 0.15) is 45.3 Å². The fraction of sp³-hybridized carbons (Fsp3) is 0.500. The number of hydrogen-bond acceptors (Lipinski definition) is 5. The lowest BCUT2D eigenvalue weighted by molar-refractivity contribution is -0.0584. The molecule has 9 heteroatoms. The van der Waals surface area contributed by atoms with E-state index in [1.54, 1.807) is 20.8 Å². The minimum absolute atomic E-state index is 0.0127. The van der Waals surface area contributed by atoms with Crippen LogP contribution in [0.25, 0.3) is 0 Å². The average Bonchev–Trinajstić information content (AvgIpc) is 3.24. The predicted molar refractivity (Wildman–Crippen MR) is 131 cm³/mol. The number of ether oxygens (including phenoxy) is 3. The van der Waals surface area contributed by atoms with Crippen molar-refractivity contribution >= 4 is 22.0 Å². The summed E-state index contributed by atoms with van der Waals surface area (Å²) in [5.41, 5.74) is -0.604. The SMILES string of the molecule is CC(C)(C)OC(=O)N[C@H]1C[C@@H](N2CC[C@H](Oc3ccc(Br)cc3)C2)CO[C@@H]1c1cc(F)ccc1F. The van der Waals surface area contributed by atoms with E-state index >= 15 is 0 Å². The molecule has 2 aliphatic rings. The summed E-state index contributed by atoms with van der Waals surface area (Å²) >= 11 is 3.43. The summed E-state index contributed by atoms with van der Waals surface area (Å²) in [6.45, 7) is 7.17. The fourth-order valence-electron chi connectivity index (χ4n) is 4.59. The Labute approximate surface area is 213 Å². The molecule has 2 heterocycles. The van der Waals surface area contributed by atoms with E-state index in [9.17, 15) is 13.6 Å². The van der Waals surface area contributed by atoms with Crippen LogP contribution >= 0.6 is 15.9 Å². The molecule has 0 saturated carbocycles. The first-order valence-electron chi connectivity index (χ1n) is 11.8. The second-order valence-electron chi connectivity index (χ2n) is 10.0. The predicted octanol–water partition coefficient (Wildman–Crippen LogP) is 5.60. The highest BCUT2D eigenvalue weighted by atomic mass is 79.9. The van der Waals surface area contributed by atoms with Gasteiger partial charge in [0.1, 0.15) is 35.2 Å². The molecule has 4 rings (SSSR count). The second kappa shape index (κ2) is 10.8. The summed E-state index contributed by atoms with van der Waals surface area (Å²) in [7, 11) is 0. The lowest BCUT2D eigenvalue weighted by Crippen LogP contribution is -2.52. The molecular formula is C26H31BrF2N2O4. The van der Waals surface area contributed by atoms with Crippen LogP contribution in [0.5, 0.6) is 5.75 Å². The Morgan fingerprint density at radius 2 is 1.91 bits per heavy atom. The van der Waals surface area contributed by atoms with Gasteiger partial charge in [-0.15, -0.1) is 0 Å². The first kappa shape index (κ1) is 25.9. The molecule has 190 valence electrons. The summed E-state index contributed by atoms with van der Waals surface area (Å²) in [4.78, 5) is 14.8. The summed E-state index contributed by atoms with van der Waals surface area (Å²) in [6.07, 6.45) is -0.0473. The Morgan fingerprint density at radius 3 is 2.63 bits per heavy atom. The molecule has 2 aliphatic heterocycles. The Morgan fingerprint density at radius 1 is 1.17 bits per heavy atom. The number of amides is 1. The van der Waals surface area contributed by atoms with Gasteiger partial charge in [0, 0.05) is 29.2 Å². The van der Waals surface area contributed by atoms with Crippen molar-refractivity contribution in [2.45, 2.75) is 63.5 Å². The van der Waals surface area contributed by atoms with Crippen molar-refractivity contribution in [1.82, 2.24) is 10.2 Å². The van der Waals surface area contributed by atoms with Crippen LogP contribution in [0, 0.1) is 11.6 Å². The van der Waals surface area contributed by atoms with Gasteiger partial charge in [0.25, 0.3) is 0 Å². The molecule has 2 aromatic carbocycles. The van der Waals surface area contributed by atoms with Crippen LogP contribution in [0.2, 0.25) is 0 Å². The highest BCUT2D eigenvalue weighted by Gasteiger charge is 2.40. The lowest BCUT2D eigenvalue weighted by atomic mass is 9.92. The molecule has 6 nitrogen and oxygen atoms in total. The fourth-order valence-corrected chi connectivity index (χ4v) is 4.85. The van der Waals surface area contributed by atoms with Crippen molar-refractivity contribution in [3.63, 3.8) is 0 Å². The third-order valence-electron chi connectivity index (χ3n) is 6.14. The molecule has 0 aliphatic carbocycles. The number of carbonyl (C=O) groups excluding carboxylic acids is 1. The Bertz CT molecular complexity index is 1030. The Balaban J connectivity index is 1.45. The van der Waals surface area contributed by atoms with Crippen LogP contribution in [-0.2, 0) is 9.47 Å². The zero-order valence-corrected chi connectivity index (χ0v) is 21.7. The monoisotopic (exact) mass is 552 g/mol. The number of likely N-dealkylation sites (tertiary alicyclic amines) is 1. The molecule has 0 unspecified atom stereocenters. The van der Waals surface area contributed by atoms with Crippen molar-refractivity contribution in [2.24, 2.45) is 0 Å². The molecule has 0 bridgehead atoms. The van der Waals surface area contributed by atoms with Crippen molar-refractivity contribution in [3.05, 3.63) is 64.1 Å². The Kier molecular flexibility index (Phi) is 7.98. The maximum atomic E-state index is 14.6. The minimum atomic E-state index is -0.827. The van der Waals surface area contributed by atoms with Crippen molar-refractivity contribution in [3.8, 4) is 5.75 Å². The van der Waals surface area contributed by atoms with Gasteiger partial charge in [-0.2, -0.15) is 0 Å². The van der Waals surface area contributed by atoms with Gasteiger partial charge in [-0.3, -0.25) is 4.90 Å². The van der Waals surface area contributed by atoms with Crippen LogP contribution in [0.15, 0.2) is 46.9 Å². The molecule has 2 saturated heterocycles. The van der Waals surface area contributed by atoms with E-state index in [1.807, 2.05) is 24.3 Å². The van der Waals surface area contributed by atoms with Gasteiger partial charge in [0.2, 0.25) is 0 Å². The number of halogens is 3. The van der Waals surface area contributed by atoms with Crippen molar-refractivity contribution < 1.29 is 27.8 Å². The van der Waals surface area contributed by atoms with Gasteiger partial charge in [0.15, 0.2) is 0 Å². The highest BCUT2D eigenvalue weighted by molar-refractivity contribution is 9.10. The van der Waals surface area contributed by atoms with Crippen molar-refractivity contribution in [1.29, 1.82) is 0 Å². The number of carbonyl (C=O) groups is 1. The van der Waals surface area contributed by atoms with E-state index in [1.165, 1.54) is 0 Å². The first-order valence-corrected chi connectivity index (χ1v) is 12.6. The largest absolute Gasteiger partial charge is 0.489 e. The molecule has 2 fully saturated rings. The van der Waals surface area contributed by atoms with Gasteiger partial charge >= 0.3 is 6.09 Å². The maximum absolute atomic E-state index is 14.6. The molecule has 2 aromatic rings. The highest BCUT2D eigenvalue weighted by Crippen LogP contribution is 2.34. The van der Waals surface area contributed by atoms with Crippen LogP contribution in [-0.4, -0.2) is 54.5 Å². The second-order valence-corrected chi connectivity index (χ2v) is 11.0. The van der Waals surface area contributed by atoms with Crippen LogP contribution in [0.4, 0.5) is 13.6 Å². The van der Waals surface area contributed by atoms with Gasteiger partial charge in [-0.1, -0.05) is 15.9 Å². The molecule has 0 aromatic heterocycles. The molecule has 1 amide bonds. The summed E-state index contributed by atoms with van der Waals surface area (Å²) in [5, 5.41) is 2.84. The first-order chi connectivity index (χ1) is 16.6. The van der Waals surface area contributed by atoms with E-state index in [0.717, 1.165) is 41.4 Å². The molecule has 4 atom stereocenters. The molecule has 0 radical (unpaired) electrons. The smallest absolute Gasteiger partial charge is 0.407 e. The maximum Gasteiger partial charge on any atom is 0.407 e. The quantitative estimate of drug-likeness (QED) is 0.522. The normalized spacial score (nSPS) is 25.3. The van der Waals surface area contributed by atoms with Gasteiger partial charge in [0.05, 0.1) is 12.6 Å². The standard InChI is InChI=1S/C26H31BrF2N2O4/c1-26(2,3)35-25(32)30-23-13-18(15-33-24(23)21-12-17(28)6-9-22(21)29)31-11-10-20(14-31)34-19-7-4-16(27)5-8-19/h4-9,12,18,20,23-24H,10-11,13-15H2,1-3H3,(H,30,32)/t18-,20+,23+,24-/m1/s1. The van der Waals surface area contributed by atoms with E-state index < -0.39 is 35.5 Å². The van der Waals surface area contributed by atoms with Crippen molar-refractivity contribution in [2.75, 3.05) is 19.7 Å². The minimum Gasteiger partial charge on any atom is -0.489 e. The average molecular weight is 553 g/mol. The van der Waals surface area contributed by atoms with Crippen LogP contribution < -0.4 is 10.1 Å². The summed E-state index contributed by atoms with van der Waals surface area (Å²) in [6, 6.07) is 10.4.